The lowest BCUT2D eigenvalue weighted by molar-refractivity contribution is 0.0608. The van der Waals surface area contributed by atoms with Gasteiger partial charge < -0.3 is 4.90 Å². The average Bonchev–Trinajstić information content (AvgIpc) is 3.33. The van der Waals surface area contributed by atoms with Gasteiger partial charge in [-0.05, 0) is 30.7 Å². The lowest BCUT2D eigenvalue weighted by Gasteiger charge is -2.35. The highest BCUT2D eigenvalue weighted by atomic mass is 16.2. The number of hydrogen-bond donors (Lipinski definition) is 1. The van der Waals surface area contributed by atoms with E-state index in [1.165, 1.54) is 0 Å². The quantitative estimate of drug-likeness (QED) is 0.595. The molecule has 0 saturated carbocycles. The smallest absolute Gasteiger partial charge is 0.254 e. The van der Waals surface area contributed by atoms with Crippen LogP contribution in [0.2, 0.25) is 0 Å². The molecule has 8 heteroatoms. The molecular formula is C20H19N7O. The summed E-state index contributed by atoms with van der Waals surface area (Å²) in [6.07, 6.45) is 0.691. The maximum absolute atomic E-state index is 13.4. The molecule has 2 aromatic heterocycles. The van der Waals surface area contributed by atoms with Crippen LogP contribution in [-0.2, 0) is 13.0 Å². The molecule has 8 nitrogen and oxygen atoms in total. The van der Waals surface area contributed by atoms with E-state index in [0.717, 1.165) is 22.7 Å². The van der Waals surface area contributed by atoms with Crippen molar-refractivity contribution in [3.05, 3.63) is 71.3 Å². The number of H-pyrrole nitrogens is 1. The molecule has 0 unspecified atom stereocenters. The third-order valence-electron chi connectivity index (χ3n) is 5.13. The first-order chi connectivity index (χ1) is 13.7. The summed E-state index contributed by atoms with van der Waals surface area (Å²) >= 11 is 0. The lowest BCUT2D eigenvalue weighted by Crippen LogP contribution is -2.43. The zero-order valence-corrected chi connectivity index (χ0v) is 15.4. The highest BCUT2D eigenvalue weighted by Gasteiger charge is 2.34. The second-order valence-electron chi connectivity index (χ2n) is 6.97. The normalized spacial score (nSPS) is 16.3. The fourth-order valence-corrected chi connectivity index (χ4v) is 3.80. The first-order valence-electron chi connectivity index (χ1n) is 9.26. The van der Waals surface area contributed by atoms with Crippen molar-refractivity contribution in [2.75, 3.05) is 6.54 Å². The summed E-state index contributed by atoms with van der Waals surface area (Å²) < 4.78 is 1.92. The number of aromatic nitrogens is 6. The van der Waals surface area contributed by atoms with Gasteiger partial charge in [-0.2, -0.15) is 20.5 Å². The number of carbonyl (C=O) groups excluding carboxylic acids is 1. The Balaban J connectivity index is 1.53. The topological polar surface area (TPSA) is 92.6 Å². The van der Waals surface area contributed by atoms with Crippen molar-refractivity contribution in [1.82, 2.24) is 35.1 Å². The molecule has 1 N–H and O–H groups in total. The number of rotatable bonds is 3. The number of aryl methyl sites for hydroxylation is 1. The molecular weight excluding hydrogens is 354 g/mol. The standard InChI is InChI=1S/C20H19N7O/c1-13-21-19-18(11-14-5-3-2-4-6-14)26(9-10-27(19)24-13)20(28)15-7-8-16-17(12-15)23-25-22-16/h2-8,12,18H,9-11H2,1H3,(H,22,23,25)/t18-/m0/s1. The molecule has 0 aliphatic carbocycles. The molecule has 0 radical (unpaired) electrons. The average molecular weight is 373 g/mol. The third-order valence-corrected chi connectivity index (χ3v) is 5.13. The molecule has 0 bridgehead atoms. The molecule has 0 fully saturated rings. The molecule has 2 aromatic carbocycles. The van der Waals surface area contributed by atoms with Gasteiger partial charge >= 0.3 is 0 Å². The first kappa shape index (κ1) is 16.6. The molecule has 1 amide bonds. The van der Waals surface area contributed by atoms with Gasteiger partial charge in [0.25, 0.3) is 5.91 Å². The van der Waals surface area contributed by atoms with Crippen LogP contribution in [0.5, 0.6) is 0 Å². The van der Waals surface area contributed by atoms with Crippen molar-refractivity contribution in [1.29, 1.82) is 0 Å². The van der Waals surface area contributed by atoms with Crippen molar-refractivity contribution in [3.8, 4) is 0 Å². The van der Waals surface area contributed by atoms with E-state index in [9.17, 15) is 4.79 Å². The minimum Gasteiger partial charge on any atom is -0.326 e. The van der Waals surface area contributed by atoms with Crippen LogP contribution in [0.3, 0.4) is 0 Å². The van der Waals surface area contributed by atoms with Crippen LogP contribution in [0.25, 0.3) is 11.0 Å². The van der Waals surface area contributed by atoms with Gasteiger partial charge in [-0.1, -0.05) is 30.3 Å². The lowest BCUT2D eigenvalue weighted by atomic mass is 10.0. The number of fused-ring (bicyclic) bond motifs is 2. The highest BCUT2D eigenvalue weighted by Crippen LogP contribution is 2.29. The molecule has 28 heavy (non-hydrogen) atoms. The summed E-state index contributed by atoms with van der Waals surface area (Å²) in [5.41, 5.74) is 3.18. The van der Waals surface area contributed by atoms with Crippen molar-refractivity contribution >= 4 is 16.9 Å². The van der Waals surface area contributed by atoms with E-state index in [2.05, 4.69) is 37.6 Å². The molecule has 0 spiro atoms. The van der Waals surface area contributed by atoms with Crippen LogP contribution < -0.4 is 0 Å². The molecule has 5 rings (SSSR count). The molecule has 140 valence electrons. The number of nitrogens with one attached hydrogen (secondary N) is 1. The van der Waals surface area contributed by atoms with Crippen LogP contribution in [-0.4, -0.2) is 47.5 Å². The molecule has 3 heterocycles. The predicted octanol–water partition coefficient (Wildman–Crippen LogP) is 2.30. The van der Waals surface area contributed by atoms with Gasteiger partial charge in [-0.15, -0.1) is 0 Å². The number of aromatic amines is 1. The largest absolute Gasteiger partial charge is 0.326 e. The number of amides is 1. The Morgan fingerprint density at radius 3 is 2.79 bits per heavy atom. The summed E-state index contributed by atoms with van der Waals surface area (Å²) in [4.78, 5) is 19.9. The zero-order chi connectivity index (χ0) is 19.1. The zero-order valence-electron chi connectivity index (χ0n) is 15.4. The SMILES string of the molecule is Cc1nc2n(n1)CCN(C(=O)c1ccc3n[nH]nc3c1)[C@H]2Cc1ccccc1. The number of benzene rings is 2. The summed E-state index contributed by atoms with van der Waals surface area (Å²) in [6, 6.07) is 15.4. The highest BCUT2D eigenvalue weighted by molar-refractivity contribution is 5.97. The van der Waals surface area contributed by atoms with Gasteiger partial charge in [-0.25, -0.2) is 9.67 Å². The molecule has 1 aliphatic rings. The van der Waals surface area contributed by atoms with Crippen LogP contribution in [0.15, 0.2) is 48.5 Å². The van der Waals surface area contributed by atoms with Gasteiger partial charge in [-0.3, -0.25) is 4.79 Å². The van der Waals surface area contributed by atoms with Crippen LogP contribution in [0, 0.1) is 6.92 Å². The molecule has 1 atom stereocenters. The van der Waals surface area contributed by atoms with Gasteiger partial charge in [0, 0.05) is 18.5 Å². The second kappa shape index (κ2) is 6.56. The summed E-state index contributed by atoms with van der Waals surface area (Å²) in [6.45, 7) is 3.11. The summed E-state index contributed by atoms with van der Waals surface area (Å²) in [5.74, 6) is 1.53. The number of nitrogens with zero attached hydrogens (tertiary/aromatic N) is 6. The predicted molar refractivity (Wildman–Crippen MR) is 103 cm³/mol. The van der Waals surface area contributed by atoms with Gasteiger partial charge in [0.05, 0.1) is 12.6 Å². The second-order valence-corrected chi connectivity index (χ2v) is 6.97. The fraction of sp³-hybridized carbons (Fsp3) is 0.250. The van der Waals surface area contributed by atoms with E-state index < -0.39 is 0 Å². The van der Waals surface area contributed by atoms with Crippen LogP contribution >= 0.6 is 0 Å². The van der Waals surface area contributed by atoms with Gasteiger partial charge in [0.1, 0.15) is 22.7 Å². The Labute approximate surface area is 161 Å². The van der Waals surface area contributed by atoms with Crippen LogP contribution in [0.4, 0.5) is 0 Å². The maximum Gasteiger partial charge on any atom is 0.254 e. The van der Waals surface area contributed by atoms with Crippen molar-refractivity contribution in [3.63, 3.8) is 0 Å². The first-order valence-corrected chi connectivity index (χ1v) is 9.26. The fourth-order valence-electron chi connectivity index (χ4n) is 3.80. The molecule has 4 aromatic rings. The van der Waals surface area contributed by atoms with Crippen molar-refractivity contribution in [2.24, 2.45) is 0 Å². The Kier molecular flexibility index (Phi) is 3.89. The third kappa shape index (κ3) is 2.83. The Bertz CT molecular complexity index is 1150. The van der Waals surface area contributed by atoms with E-state index in [1.807, 2.05) is 40.8 Å². The van der Waals surface area contributed by atoms with E-state index in [-0.39, 0.29) is 11.9 Å². The van der Waals surface area contributed by atoms with Gasteiger partial charge in [0.15, 0.2) is 0 Å². The van der Waals surface area contributed by atoms with E-state index >= 15 is 0 Å². The van der Waals surface area contributed by atoms with E-state index in [0.29, 0.717) is 30.6 Å². The monoisotopic (exact) mass is 373 g/mol. The number of carbonyl (C=O) groups is 1. The maximum atomic E-state index is 13.4. The Hall–Kier alpha value is -3.55. The van der Waals surface area contributed by atoms with Crippen LogP contribution in [0.1, 0.15) is 33.6 Å². The van der Waals surface area contributed by atoms with Gasteiger partial charge in [0.2, 0.25) is 0 Å². The molecule has 0 saturated heterocycles. The van der Waals surface area contributed by atoms with E-state index in [1.54, 1.807) is 12.1 Å². The minimum absolute atomic E-state index is 0.0299. The molecule has 1 aliphatic heterocycles. The minimum atomic E-state index is -0.169. The Morgan fingerprint density at radius 2 is 1.93 bits per heavy atom. The van der Waals surface area contributed by atoms with Crippen molar-refractivity contribution in [2.45, 2.75) is 25.9 Å². The number of hydrogen-bond acceptors (Lipinski definition) is 5. The summed E-state index contributed by atoms with van der Waals surface area (Å²) in [5, 5.41) is 15.2. The van der Waals surface area contributed by atoms with E-state index in [4.69, 9.17) is 0 Å². The summed E-state index contributed by atoms with van der Waals surface area (Å²) in [7, 11) is 0. The van der Waals surface area contributed by atoms with Crippen molar-refractivity contribution < 1.29 is 4.79 Å². The Morgan fingerprint density at radius 1 is 1.11 bits per heavy atom.